The minimum atomic E-state index is -0.398. The molecule has 0 saturated carbocycles. The van der Waals surface area contributed by atoms with Crippen LogP contribution in [0.3, 0.4) is 0 Å². The molecule has 0 bridgehead atoms. The zero-order valence-corrected chi connectivity index (χ0v) is 9.47. The van der Waals surface area contributed by atoms with Crippen molar-refractivity contribution in [2.45, 2.75) is 32.9 Å². The molecule has 0 spiro atoms. The summed E-state index contributed by atoms with van der Waals surface area (Å²) in [5.74, 6) is 0. The van der Waals surface area contributed by atoms with Gasteiger partial charge in [0, 0.05) is 6.04 Å². The summed E-state index contributed by atoms with van der Waals surface area (Å²) >= 11 is 6.03. The summed E-state index contributed by atoms with van der Waals surface area (Å²) < 4.78 is 0. The van der Waals surface area contributed by atoms with Crippen molar-refractivity contribution in [3.8, 4) is 0 Å². The number of anilines is 1. The maximum absolute atomic E-state index is 9.36. The van der Waals surface area contributed by atoms with Gasteiger partial charge in [-0.2, -0.15) is 0 Å². The molecule has 1 rings (SSSR count). The maximum atomic E-state index is 9.36. The van der Waals surface area contributed by atoms with E-state index < -0.39 is 6.10 Å². The van der Waals surface area contributed by atoms with E-state index in [2.05, 4.69) is 5.32 Å². The average Bonchev–Trinajstić information content (AvgIpc) is 2.11. The Kier molecular flexibility index (Phi) is 3.78. The molecule has 0 aliphatic heterocycles. The van der Waals surface area contributed by atoms with Gasteiger partial charge in [0.15, 0.2) is 0 Å². The molecule has 0 fully saturated rings. The normalized spacial score (nSPS) is 14.9. The number of aliphatic hydroxyl groups excluding tert-OH is 1. The Morgan fingerprint density at radius 2 is 2.00 bits per heavy atom. The molecule has 2 unspecified atom stereocenters. The molecule has 0 amide bonds. The van der Waals surface area contributed by atoms with Crippen molar-refractivity contribution < 1.29 is 5.11 Å². The maximum Gasteiger partial charge on any atom is 0.0710 e. The second-order valence-corrected chi connectivity index (χ2v) is 4.01. The fraction of sp³-hybridized carbons (Fsp3) is 0.455. The van der Waals surface area contributed by atoms with Crippen LogP contribution in [0.25, 0.3) is 0 Å². The van der Waals surface area contributed by atoms with Gasteiger partial charge in [0.05, 0.1) is 16.8 Å². The monoisotopic (exact) mass is 213 g/mol. The first-order valence-electron chi connectivity index (χ1n) is 4.72. The van der Waals surface area contributed by atoms with Crippen molar-refractivity contribution in [2.75, 3.05) is 5.32 Å². The minimum absolute atomic E-state index is 0.00593. The van der Waals surface area contributed by atoms with Crippen LogP contribution >= 0.6 is 11.6 Å². The zero-order valence-electron chi connectivity index (χ0n) is 8.71. The van der Waals surface area contributed by atoms with Gasteiger partial charge < -0.3 is 10.4 Å². The Bertz CT molecular complexity index is 292. The average molecular weight is 214 g/mol. The third-order valence-corrected chi connectivity index (χ3v) is 2.63. The van der Waals surface area contributed by atoms with E-state index in [9.17, 15) is 5.11 Å². The van der Waals surface area contributed by atoms with Gasteiger partial charge >= 0.3 is 0 Å². The highest BCUT2D eigenvalue weighted by Crippen LogP contribution is 2.26. The van der Waals surface area contributed by atoms with Crippen LogP contribution in [-0.2, 0) is 0 Å². The van der Waals surface area contributed by atoms with E-state index in [1.165, 1.54) is 0 Å². The smallest absolute Gasteiger partial charge is 0.0710 e. The number of aliphatic hydroxyl groups is 1. The van der Waals surface area contributed by atoms with Crippen molar-refractivity contribution in [2.24, 2.45) is 0 Å². The molecule has 0 aliphatic carbocycles. The summed E-state index contributed by atoms with van der Waals surface area (Å²) in [5, 5.41) is 13.2. The number of nitrogens with one attached hydrogen (secondary N) is 1. The molecule has 0 aromatic heterocycles. The van der Waals surface area contributed by atoms with Crippen LogP contribution in [0.1, 0.15) is 19.4 Å². The van der Waals surface area contributed by atoms with E-state index in [-0.39, 0.29) is 6.04 Å². The van der Waals surface area contributed by atoms with Crippen LogP contribution in [0.2, 0.25) is 5.02 Å². The number of halogens is 1. The Labute approximate surface area is 89.9 Å². The quantitative estimate of drug-likeness (QED) is 0.810. The first kappa shape index (κ1) is 11.3. The van der Waals surface area contributed by atoms with Gasteiger partial charge in [-0.15, -0.1) is 0 Å². The molecule has 0 radical (unpaired) electrons. The zero-order chi connectivity index (χ0) is 10.7. The molecule has 14 heavy (non-hydrogen) atoms. The van der Waals surface area contributed by atoms with Gasteiger partial charge in [-0.1, -0.05) is 23.7 Å². The van der Waals surface area contributed by atoms with E-state index in [1.54, 1.807) is 6.92 Å². The lowest BCUT2D eigenvalue weighted by molar-refractivity contribution is 0.178. The summed E-state index contributed by atoms with van der Waals surface area (Å²) in [6.45, 7) is 5.67. The van der Waals surface area contributed by atoms with Crippen LogP contribution in [0.4, 0.5) is 5.69 Å². The second kappa shape index (κ2) is 4.67. The highest BCUT2D eigenvalue weighted by atomic mass is 35.5. The van der Waals surface area contributed by atoms with E-state index >= 15 is 0 Å². The molecule has 1 aromatic carbocycles. The highest BCUT2D eigenvalue weighted by molar-refractivity contribution is 6.33. The molecule has 3 heteroatoms. The Morgan fingerprint density at radius 1 is 1.36 bits per heavy atom. The standard InChI is InChI=1S/C11H16ClNO/c1-7-5-4-6-10(12)11(7)13-8(2)9(3)14/h4-6,8-9,13-14H,1-3H3. The van der Waals surface area contributed by atoms with Crippen molar-refractivity contribution in [1.29, 1.82) is 0 Å². The number of para-hydroxylation sites is 1. The molecule has 2 atom stereocenters. The second-order valence-electron chi connectivity index (χ2n) is 3.61. The van der Waals surface area contributed by atoms with Crippen molar-refractivity contribution in [1.82, 2.24) is 0 Å². The van der Waals surface area contributed by atoms with E-state index in [4.69, 9.17) is 11.6 Å². The lowest BCUT2D eigenvalue weighted by Crippen LogP contribution is -2.28. The Hall–Kier alpha value is -0.730. The fourth-order valence-corrected chi connectivity index (χ4v) is 1.44. The van der Waals surface area contributed by atoms with Gasteiger partial charge in [-0.05, 0) is 32.4 Å². The van der Waals surface area contributed by atoms with Gasteiger partial charge in [-0.3, -0.25) is 0 Å². The minimum Gasteiger partial charge on any atom is -0.391 e. The predicted molar refractivity (Wildman–Crippen MR) is 61.0 cm³/mol. The summed E-state index contributed by atoms with van der Waals surface area (Å²) in [6.07, 6.45) is -0.398. The summed E-state index contributed by atoms with van der Waals surface area (Å²) in [5.41, 5.74) is 1.99. The third-order valence-electron chi connectivity index (χ3n) is 2.32. The molecule has 0 saturated heterocycles. The summed E-state index contributed by atoms with van der Waals surface area (Å²) in [4.78, 5) is 0. The summed E-state index contributed by atoms with van der Waals surface area (Å²) in [7, 11) is 0. The number of benzene rings is 1. The van der Waals surface area contributed by atoms with Crippen LogP contribution in [-0.4, -0.2) is 17.3 Å². The highest BCUT2D eigenvalue weighted by Gasteiger charge is 2.11. The molecule has 2 nitrogen and oxygen atoms in total. The first-order valence-corrected chi connectivity index (χ1v) is 5.10. The largest absolute Gasteiger partial charge is 0.391 e. The van der Waals surface area contributed by atoms with Gasteiger partial charge in [0.2, 0.25) is 0 Å². The van der Waals surface area contributed by atoms with Crippen LogP contribution in [0.5, 0.6) is 0 Å². The SMILES string of the molecule is Cc1cccc(Cl)c1NC(C)C(C)O. The molecule has 0 heterocycles. The first-order chi connectivity index (χ1) is 6.52. The Morgan fingerprint density at radius 3 is 2.50 bits per heavy atom. The molecule has 0 aliphatic rings. The lowest BCUT2D eigenvalue weighted by Gasteiger charge is -2.20. The van der Waals surface area contributed by atoms with Gasteiger partial charge in [0.25, 0.3) is 0 Å². The van der Waals surface area contributed by atoms with Crippen LogP contribution in [0.15, 0.2) is 18.2 Å². The van der Waals surface area contributed by atoms with Crippen molar-refractivity contribution >= 4 is 17.3 Å². The van der Waals surface area contributed by atoms with Crippen molar-refractivity contribution in [3.05, 3.63) is 28.8 Å². The number of hydrogen-bond donors (Lipinski definition) is 2. The number of rotatable bonds is 3. The van der Waals surface area contributed by atoms with Crippen molar-refractivity contribution in [3.63, 3.8) is 0 Å². The molecule has 2 N–H and O–H groups in total. The van der Waals surface area contributed by atoms with Gasteiger partial charge in [-0.25, -0.2) is 0 Å². The summed E-state index contributed by atoms with van der Waals surface area (Å²) in [6, 6.07) is 5.73. The molecule has 78 valence electrons. The molecular formula is C11H16ClNO. The van der Waals surface area contributed by atoms with Crippen LogP contribution < -0.4 is 5.32 Å². The lowest BCUT2D eigenvalue weighted by atomic mass is 10.1. The fourth-order valence-electron chi connectivity index (χ4n) is 1.16. The molecular weight excluding hydrogens is 198 g/mol. The molecule has 1 aromatic rings. The van der Waals surface area contributed by atoms with E-state index in [0.717, 1.165) is 11.3 Å². The number of hydrogen-bond acceptors (Lipinski definition) is 2. The van der Waals surface area contributed by atoms with Gasteiger partial charge in [0.1, 0.15) is 0 Å². The van der Waals surface area contributed by atoms with E-state index in [1.807, 2.05) is 32.0 Å². The topological polar surface area (TPSA) is 32.3 Å². The predicted octanol–water partition coefficient (Wildman–Crippen LogP) is 2.83. The van der Waals surface area contributed by atoms with Crippen LogP contribution in [0, 0.1) is 6.92 Å². The number of aryl methyl sites for hydroxylation is 1. The van der Waals surface area contributed by atoms with E-state index in [0.29, 0.717) is 5.02 Å². The Balaban J connectivity index is 2.85. The third kappa shape index (κ3) is 2.63.